The van der Waals surface area contributed by atoms with Crippen LogP contribution in [-0.2, 0) is 6.54 Å². The fourth-order valence-corrected chi connectivity index (χ4v) is 3.02. The van der Waals surface area contributed by atoms with Gasteiger partial charge in [0.05, 0.1) is 11.7 Å². The van der Waals surface area contributed by atoms with Crippen molar-refractivity contribution in [2.45, 2.75) is 25.5 Å². The summed E-state index contributed by atoms with van der Waals surface area (Å²) in [5.41, 5.74) is 0.863. The zero-order chi connectivity index (χ0) is 17.8. The highest BCUT2D eigenvalue weighted by atomic mass is 19.1. The molecule has 1 heterocycles. The molecule has 25 heavy (non-hydrogen) atoms. The normalized spacial score (nSPS) is 17.4. The molecule has 1 fully saturated rings. The fourth-order valence-electron chi connectivity index (χ4n) is 3.02. The summed E-state index contributed by atoms with van der Waals surface area (Å²) in [7, 11) is 0. The summed E-state index contributed by atoms with van der Waals surface area (Å²) in [6, 6.07) is 10.6. The number of halogens is 2. The molecule has 1 aliphatic heterocycles. The van der Waals surface area contributed by atoms with Crippen molar-refractivity contribution in [1.82, 2.24) is 4.90 Å². The lowest BCUT2D eigenvalue weighted by atomic mass is 10.1. The minimum absolute atomic E-state index is 0.0641. The van der Waals surface area contributed by atoms with Crippen LogP contribution in [0.15, 0.2) is 42.5 Å². The van der Waals surface area contributed by atoms with Crippen molar-refractivity contribution < 1.29 is 18.7 Å². The number of rotatable bonds is 4. The number of nitrogens with zero attached hydrogens (tertiary/aromatic N) is 1. The lowest BCUT2D eigenvalue weighted by Gasteiger charge is -2.30. The monoisotopic (exact) mass is 346 g/mol. The Morgan fingerprint density at radius 2 is 1.88 bits per heavy atom. The molecule has 2 aromatic carbocycles. The molecule has 0 aliphatic carbocycles. The first-order valence-corrected chi connectivity index (χ1v) is 8.29. The molecule has 2 aromatic rings. The summed E-state index contributed by atoms with van der Waals surface area (Å²) < 4.78 is 27.5. The lowest BCUT2D eigenvalue weighted by molar-refractivity contribution is 0.0474. The van der Waals surface area contributed by atoms with Crippen LogP contribution in [0.1, 0.15) is 28.8 Å². The average molecular weight is 346 g/mol. The Kier molecular flexibility index (Phi) is 5.28. The maximum atomic E-state index is 13.8. The predicted octanol–water partition coefficient (Wildman–Crippen LogP) is 3.17. The molecule has 0 saturated carbocycles. The van der Waals surface area contributed by atoms with Gasteiger partial charge >= 0.3 is 0 Å². The lowest BCUT2D eigenvalue weighted by Crippen LogP contribution is -2.42. The van der Waals surface area contributed by atoms with Gasteiger partial charge in [-0.3, -0.25) is 4.79 Å². The van der Waals surface area contributed by atoms with Crippen LogP contribution >= 0.6 is 0 Å². The Labute approximate surface area is 145 Å². The van der Waals surface area contributed by atoms with Crippen molar-refractivity contribution in [3.63, 3.8) is 0 Å². The molecule has 0 bridgehead atoms. The Morgan fingerprint density at radius 3 is 2.60 bits per heavy atom. The number of carbonyl (C=O) groups excluding carboxylic acids is 1. The van der Waals surface area contributed by atoms with Crippen LogP contribution in [-0.4, -0.2) is 35.1 Å². The van der Waals surface area contributed by atoms with Gasteiger partial charge in [-0.2, -0.15) is 0 Å². The highest BCUT2D eigenvalue weighted by Gasteiger charge is 2.24. The number of piperidine rings is 1. The predicted molar refractivity (Wildman–Crippen MR) is 91.3 cm³/mol. The van der Waals surface area contributed by atoms with Gasteiger partial charge in [-0.05, 0) is 37.1 Å². The first-order chi connectivity index (χ1) is 12.1. The molecule has 1 unspecified atom stereocenters. The van der Waals surface area contributed by atoms with E-state index in [2.05, 4.69) is 5.32 Å². The van der Waals surface area contributed by atoms with E-state index >= 15 is 0 Å². The number of nitrogens with one attached hydrogen (secondary N) is 1. The summed E-state index contributed by atoms with van der Waals surface area (Å²) in [5, 5.41) is 12.7. The molecule has 6 heteroatoms. The van der Waals surface area contributed by atoms with Crippen LogP contribution in [0.5, 0.6) is 0 Å². The second-order valence-electron chi connectivity index (χ2n) is 6.15. The molecule has 4 nitrogen and oxygen atoms in total. The molecule has 1 amide bonds. The number of aliphatic hydroxyl groups is 1. The number of benzene rings is 2. The number of likely N-dealkylation sites (tertiary alicyclic amines) is 1. The summed E-state index contributed by atoms with van der Waals surface area (Å²) in [6.07, 6.45) is 0.935. The average Bonchev–Trinajstić information content (AvgIpc) is 2.61. The molecular formula is C19H20F2N2O2. The molecule has 0 radical (unpaired) electrons. The maximum Gasteiger partial charge on any atom is 0.256 e. The number of aliphatic hydroxyl groups excluding tert-OH is 1. The van der Waals surface area contributed by atoms with Crippen LogP contribution in [0.25, 0.3) is 0 Å². The number of para-hydroxylation sites is 1. The minimum atomic E-state index is -0.629. The standard InChI is InChI=1S/C19H20F2N2O2/c20-16-7-3-8-17(21)15(16)11-22-18-9-2-1-6-14(18)19(25)23-10-4-5-13(24)12-23/h1-3,6-9,13,22,24H,4-5,10-12H2. The third-order valence-corrected chi connectivity index (χ3v) is 4.36. The van der Waals surface area contributed by atoms with E-state index < -0.39 is 17.7 Å². The molecular weight excluding hydrogens is 326 g/mol. The topological polar surface area (TPSA) is 52.6 Å². The van der Waals surface area contributed by atoms with Crippen LogP contribution in [0, 0.1) is 11.6 Å². The van der Waals surface area contributed by atoms with Gasteiger partial charge in [-0.25, -0.2) is 8.78 Å². The number of amides is 1. The SMILES string of the molecule is O=C(c1ccccc1NCc1c(F)cccc1F)N1CCCC(O)C1. The van der Waals surface area contributed by atoms with E-state index in [9.17, 15) is 18.7 Å². The van der Waals surface area contributed by atoms with Crippen LogP contribution in [0.3, 0.4) is 0 Å². The van der Waals surface area contributed by atoms with Gasteiger partial charge in [0, 0.05) is 30.9 Å². The third-order valence-electron chi connectivity index (χ3n) is 4.36. The van der Waals surface area contributed by atoms with Crippen LogP contribution in [0.2, 0.25) is 0 Å². The number of hydrogen-bond acceptors (Lipinski definition) is 3. The van der Waals surface area contributed by atoms with E-state index in [1.807, 2.05) is 0 Å². The van der Waals surface area contributed by atoms with E-state index in [0.717, 1.165) is 6.42 Å². The van der Waals surface area contributed by atoms with Crippen molar-refractivity contribution in [3.8, 4) is 0 Å². The second-order valence-corrected chi connectivity index (χ2v) is 6.15. The number of β-amino-alcohol motifs (C(OH)–C–C–N with tert-alkyl or cyclic N) is 1. The quantitative estimate of drug-likeness (QED) is 0.894. The van der Waals surface area contributed by atoms with E-state index in [-0.39, 0.29) is 18.0 Å². The maximum absolute atomic E-state index is 13.8. The van der Waals surface area contributed by atoms with Gasteiger partial charge in [0.25, 0.3) is 5.91 Å². The zero-order valence-electron chi connectivity index (χ0n) is 13.7. The van der Waals surface area contributed by atoms with Crippen molar-refractivity contribution in [1.29, 1.82) is 0 Å². The number of carbonyl (C=O) groups is 1. The molecule has 3 rings (SSSR count). The molecule has 1 aliphatic rings. The van der Waals surface area contributed by atoms with Gasteiger partial charge in [-0.1, -0.05) is 18.2 Å². The third kappa shape index (κ3) is 3.96. The summed E-state index contributed by atoms with van der Waals surface area (Å²) in [4.78, 5) is 14.3. The molecule has 2 N–H and O–H groups in total. The minimum Gasteiger partial charge on any atom is -0.391 e. The summed E-state index contributed by atoms with van der Waals surface area (Å²) >= 11 is 0. The first kappa shape index (κ1) is 17.4. The number of hydrogen-bond donors (Lipinski definition) is 2. The zero-order valence-corrected chi connectivity index (χ0v) is 13.7. The molecule has 0 spiro atoms. The Morgan fingerprint density at radius 1 is 1.16 bits per heavy atom. The van der Waals surface area contributed by atoms with Gasteiger partial charge in [0.2, 0.25) is 0 Å². The molecule has 1 saturated heterocycles. The van der Waals surface area contributed by atoms with Crippen molar-refractivity contribution in [3.05, 3.63) is 65.2 Å². The molecule has 132 valence electrons. The van der Waals surface area contributed by atoms with E-state index in [0.29, 0.717) is 30.8 Å². The highest BCUT2D eigenvalue weighted by Crippen LogP contribution is 2.22. The summed E-state index contributed by atoms with van der Waals surface area (Å²) in [5.74, 6) is -1.46. The van der Waals surface area contributed by atoms with E-state index in [1.54, 1.807) is 29.2 Å². The van der Waals surface area contributed by atoms with E-state index in [1.165, 1.54) is 18.2 Å². The van der Waals surface area contributed by atoms with Crippen LogP contribution < -0.4 is 5.32 Å². The van der Waals surface area contributed by atoms with Gasteiger partial charge in [0.1, 0.15) is 11.6 Å². The Bertz CT molecular complexity index is 747. The highest BCUT2D eigenvalue weighted by molar-refractivity contribution is 5.99. The Hall–Kier alpha value is -2.47. The Balaban J connectivity index is 1.78. The largest absolute Gasteiger partial charge is 0.391 e. The van der Waals surface area contributed by atoms with Crippen molar-refractivity contribution in [2.24, 2.45) is 0 Å². The fraction of sp³-hybridized carbons (Fsp3) is 0.316. The summed E-state index contributed by atoms with van der Waals surface area (Å²) in [6.45, 7) is 0.826. The van der Waals surface area contributed by atoms with Gasteiger partial charge < -0.3 is 15.3 Å². The first-order valence-electron chi connectivity index (χ1n) is 8.29. The van der Waals surface area contributed by atoms with Crippen LogP contribution in [0.4, 0.5) is 14.5 Å². The molecule has 0 aromatic heterocycles. The van der Waals surface area contributed by atoms with E-state index in [4.69, 9.17) is 0 Å². The molecule has 1 atom stereocenters. The smallest absolute Gasteiger partial charge is 0.256 e. The van der Waals surface area contributed by atoms with Crippen molar-refractivity contribution in [2.75, 3.05) is 18.4 Å². The van der Waals surface area contributed by atoms with Gasteiger partial charge in [-0.15, -0.1) is 0 Å². The second kappa shape index (κ2) is 7.61. The van der Waals surface area contributed by atoms with Gasteiger partial charge in [0.15, 0.2) is 0 Å². The number of anilines is 1. The van der Waals surface area contributed by atoms with Crippen molar-refractivity contribution >= 4 is 11.6 Å².